The van der Waals surface area contributed by atoms with Crippen LogP contribution in [-0.2, 0) is 0 Å². The van der Waals surface area contributed by atoms with Crippen LogP contribution in [0, 0.1) is 13.8 Å². The maximum atomic E-state index is 2.28. The molecule has 0 saturated heterocycles. The van der Waals surface area contributed by atoms with Gasteiger partial charge in [0.15, 0.2) is 0 Å². The van der Waals surface area contributed by atoms with Crippen LogP contribution in [0.15, 0.2) is 24.3 Å². The van der Waals surface area contributed by atoms with E-state index in [1.54, 1.807) is 0 Å². The van der Waals surface area contributed by atoms with Crippen LogP contribution in [0.25, 0.3) is 5.57 Å². The van der Waals surface area contributed by atoms with Crippen molar-refractivity contribution in [1.82, 2.24) is 0 Å². The zero-order valence-electron chi connectivity index (χ0n) is 9.02. The Hall–Kier alpha value is -1.04. The maximum absolute atomic E-state index is 2.28. The molecule has 0 aliphatic heterocycles. The zero-order valence-corrected chi connectivity index (χ0v) is 9.02. The molecule has 1 aromatic carbocycles. The van der Waals surface area contributed by atoms with Gasteiger partial charge in [0.2, 0.25) is 0 Å². The highest BCUT2D eigenvalue weighted by molar-refractivity contribution is 5.66. The van der Waals surface area contributed by atoms with E-state index in [9.17, 15) is 0 Å². The number of hydrogen-bond acceptors (Lipinski definition) is 0. The second-order valence-electron chi connectivity index (χ2n) is 3.61. The third-order valence-corrected chi connectivity index (χ3v) is 2.33. The second-order valence-corrected chi connectivity index (χ2v) is 3.61. The standard InChI is InChI=1S/C13H18/c1-5-6-11(3)13-9-10(2)7-8-12(13)4/h6-9H,5H2,1-4H3. The van der Waals surface area contributed by atoms with Gasteiger partial charge in [0, 0.05) is 0 Å². The van der Waals surface area contributed by atoms with E-state index >= 15 is 0 Å². The van der Waals surface area contributed by atoms with Crippen LogP contribution < -0.4 is 0 Å². The van der Waals surface area contributed by atoms with Gasteiger partial charge in [-0.1, -0.05) is 36.8 Å². The Morgan fingerprint density at radius 2 is 2.00 bits per heavy atom. The summed E-state index contributed by atoms with van der Waals surface area (Å²) in [6.07, 6.45) is 3.39. The molecular formula is C13H18. The summed E-state index contributed by atoms with van der Waals surface area (Å²) in [5.74, 6) is 0. The van der Waals surface area contributed by atoms with Gasteiger partial charge in [-0.05, 0) is 43.9 Å². The van der Waals surface area contributed by atoms with Crippen LogP contribution in [0.1, 0.15) is 37.0 Å². The predicted octanol–water partition coefficient (Wildman–Crippen LogP) is 4.12. The monoisotopic (exact) mass is 174 g/mol. The van der Waals surface area contributed by atoms with Crippen LogP contribution in [0.3, 0.4) is 0 Å². The lowest BCUT2D eigenvalue weighted by Crippen LogP contribution is -1.86. The lowest BCUT2D eigenvalue weighted by atomic mass is 9.99. The fraction of sp³-hybridized carbons (Fsp3) is 0.385. The Morgan fingerprint density at radius 1 is 1.31 bits per heavy atom. The molecule has 0 unspecified atom stereocenters. The van der Waals surface area contributed by atoms with Gasteiger partial charge < -0.3 is 0 Å². The van der Waals surface area contributed by atoms with E-state index in [1.807, 2.05) is 0 Å². The Kier molecular flexibility index (Phi) is 3.30. The van der Waals surface area contributed by atoms with E-state index in [1.165, 1.54) is 22.3 Å². The molecule has 1 rings (SSSR count). The van der Waals surface area contributed by atoms with E-state index in [0.29, 0.717) is 0 Å². The molecule has 0 N–H and O–H groups in total. The predicted molar refractivity (Wildman–Crippen MR) is 59.9 cm³/mol. The van der Waals surface area contributed by atoms with Crippen LogP contribution in [-0.4, -0.2) is 0 Å². The SMILES string of the molecule is CCC=C(C)c1cc(C)ccc1C. The number of allylic oxidation sites excluding steroid dienone is 2. The summed E-state index contributed by atoms with van der Waals surface area (Å²) in [7, 11) is 0. The van der Waals surface area contributed by atoms with Gasteiger partial charge in [0.25, 0.3) is 0 Å². The van der Waals surface area contributed by atoms with E-state index < -0.39 is 0 Å². The van der Waals surface area contributed by atoms with Crippen LogP contribution in [0.5, 0.6) is 0 Å². The largest absolute Gasteiger partial charge is 0.0813 e. The highest BCUT2D eigenvalue weighted by Gasteiger charge is 1.99. The average Bonchev–Trinajstić information content (AvgIpc) is 2.09. The molecule has 0 bridgehead atoms. The zero-order chi connectivity index (χ0) is 9.84. The topological polar surface area (TPSA) is 0 Å². The molecule has 0 aliphatic rings. The van der Waals surface area contributed by atoms with Gasteiger partial charge in [-0.15, -0.1) is 0 Å². The summed E-state index contributed by atoms with van der Waals surface area (Å²) in [5, 5.41) is 0. The first-order valence-corrected chi connectivity index (χ1v) is 4.89. The van der Waals surface area contributed by atoms with Gasteiger partial charge in [0.1, 0.15) is 0 Å². The number of benzene rings is 1. The Labute approximate surface area is 81.3 Å². The molecule has 1 aromatic rings. The number of hydrogen-bond donors (Lipinski definition) is 0. The van der Waals surface area contributed by atoms with Crippen molar-refractivity contribution in [3.63, 3.8) is 0 Å². The Bertz CT molecular complexity index is 319. The lowest BCUT2D eigenvalue weighted by molar-refractivity contribution is 1.22. The third-order valence-electron chi connectivity index (χ3n) is 2.33. The molecule has 70 valence electrons. The molecule has 0 amide bonds. The minimum absolute atomic E-state index is 1.11. The van der Waals surface area contributed by atoms with E-state index in [4.69, 9.17) is 0 Å². The minimum atomic E-state index is 1.11. The molecule has 0 heteroatoms. The van der Waals surface area contributed by atoms with Crippen molar-refractivity contribution in [2.24, 2.45) is 0 Å². The summed E-state index contributed by atoms with van der Waals surface area (Å²) in [5.41, 5.74) is 5.49. The first kappa shape index (κ1) is 10.0. The molecule has 0 aromatic heterocycles. The minimum Gasteiger partial charge on any atom is -0.0813 e. The lowest BCUT2D eigenvalue weighted by Gasteiger charge is -2.07. The number of rotatable bonds is 2. The van der Waals surface area contributed by atoms with E-state index in [0.717, 1.165) is 6.42 Å². The summed E-state index contributed by atoms with van der Waals surface area (Å²) < 4.78 is 0. The summed E-state index contributed by atoms with van der Waals surface area (Å²) in [4.78, 5) is 0. The van der Waals surface area contributed by atoms with Gasteiger partial charge in [-0.3, -0.25) is 0 Å². The number of aryl methyl sites for hydroxylation is 2. The quantitative estimate of drug-likeness (QED) is 0.632. The second kappa shape index (κ2) is 4.27. The molecular weight excluding hydrogens is 156 g/mol. The molecule has 0 atom stereocenters. The summed E-state index contributed by atoms with van der Waals surface area (Å²) in [6.45, 7) is 8.67. The van der Waals surface area contributed by atoms with Crippen molar-refractivity contribution in [1.29, 1.82) is 0 Å². The molecule has 0 heterocycles. The third kappa shape index (κ3) is 2.45. The van der Waals surface area contributed by atoms with Gasteiger partial charge in [-0.2, -0.15) is 0 Å². The smallest absolute Gasteiger partial charge is 0.0199 e. The first-order valence-electron chi connectivity index (χ1n) is 4.89. The molecule has 0 fully saturated rings. The normalized spacial score (nSPS) is 11.8. The van der Waals surface area contributed by atoms with Gasteiger partial charge in [0.05, 0.1) is 0 Å². The molecule has 0 spiro atoms. The van der Waals surface area contributed by atoms with Crippen LogP contribution in [0.2, 0.25) is 0 Å². The molecule has 0 radical (unpaired) electrons. The summed E-state index contributed by atoms with van der Waals surface area (Å²) in [6, 6.07) is 6.62. The van der Waals surface area contributed by atoms with Crippen molar-refractivity contribution in [2.45, 2.75) is 34.1 Å². The fourth-order valence-corrected chi connectivity index (χ4v) is 1.58. The highest BCUT2D eigenvalue weighted by atomic mass is 14.0. The van der Waals surface area contributed by atoms with Crippen molar-refractivity contribution in [3.05, 3.63) is 41.0 Å². The molecule has 0 nitrogen and oxygen atoms in total. The van der Waals surface area contributed by atoms with Crippen molar-refractivity contribution in [2.75, 3.05) is 0 Å². The van der Waals surface area contributed by atoms with Gasteiger partial charge >= 0.3 is 0 Å². The molecule has 13 heavy (non-hydrogen) atoms. The van der Waals surface area contributed by atoms with Crippen molar-refractivity contribution >= 4 is 5.57 Å². The first-order chi connectivity index (χ1) is 6.15. The highest BCUT2D eigenvalue weighted by Crippen LogP contribution is 2.19. The molecule has 0 aliphatic carbocycles. The molecule has 0 saturated carbocycles. The maximum Gasteiger partial charge on any atom is -0.0199 e. The average molecular weight is 174 g/mol. The van der Waals surface area contributed by atoms with Crippen molar-refractivity contribution in [3.8, 4) is 0 Å². The van der Waals surface area contributed by atoms with E-state index in [2.05, 4.69) is 52.0 Å². The summed E-state index contributed by atoms with van der Waals surface area (Å²) >= 11 is 0. The van der Waals surface area contributed by atoms with Crippen molar-refractivity contribution < 1.29 is 0 Å². The van der Waals surface area contributed by atoms with E-state index in [-0.39, 0.29) is 0 Å². The Morgan fingerprint density at radius 3 is 2.62 bits per heavy atom. The van der Waals surface area contributed by atoms with Gasteiger partial charge in [-0.25, -0.2) is 0 Å². The van der Waals surface area contributed by atoms with Crippen LogP contribution >= 0.6 is 0 Å². The van der Waals surface area contributed by atoms with Crippen LogP contribution in [0.4, 0.5) is 0 Å². The Balaban J connectivity index is 3.13. The fourth-order valence-electron chi connectivity index (χ4n) is 1.58.